The smallest absolute Gasteiger partial charge is 0.411 e. The molecule has 8 aliphatic rings. The number of para-hydroxylation sites is 2. The average Bonchev–Trinajstić information content (AvgIpc) is 3.89. The number of ether oxygens (including phenoxy) is 8. The molecule has 2 aromatic carbocycles. The minimum Gasteiger partial charge on any atom is -0.446 e. The van der Waals surface area contributed by atoms with E-state index in [1.54, 1.807) is 12.1 Å². The summed E-state index contributed by atoms with van der Waals surface area (Å²) in [5.74, 6) is 1.31. The van der Waals surface area contributed by atoms with Crippen LogP contribution >= 0.6 is 46.4 Å². The number of amides is 2. The summed E-state index contributed by atoms with van der Waals surface area (Å²) in [7, 11) is 0. The molecule has 8 fully saturated rings. The van der Waals surface area contributed by atoms with E-state index >= 15 is 0 Å². The maximum atomic E-state index is 14.8. The van der Waals surface area contributed by atoms with Gasteiger partial charge in [-0.05, 0) is 110 Å². The summed E-state index contributed by atoms with van der Waals surface area (Å²) in [5.41, 5.74) is -0.338. The summed E-state index contributed by atoms with van der Waals surface area (Å²) in [4.78, 5) is 40.8. The molecule has 2 aromatic rings. The first-order valence-corrected chi connectivity index (χ1v) is 27.8. The number of aliphatic hydroxyl groups excluding tert-OH is 5. The highest BCUT2D eigenvalue weighted by Crippen LogP contribution is 2.71. The predicted octanol–water partition coefficient (Wildman–Crippen LogP) is 7.75. The highest BCUT2D eigenvalue weighted by Gasteiger charge is 2.71. The molecular formula is C53H68Cl4N2O16. The Balaban J connectivity index is 0.812. The van der Waals surface area contributed by atoms with Crippen LogP contribution in [0.5, 0.6) is 0 Å². The lowest BCUT2D eigenvalue weighted by Gasteiger charge is -2.60. The molecule has 22 heteroatoms. The number of anilines is 2. The number of nitrogens with one attached hydrogen (secondary N) is 2. The Hall–Kier alpha value is -2.63. The summed E-state index contributed by atoms with van der Waals surface area (Å²) in [6.07, 6.45) is -12.7. The van der Waals surface area contributed by atoms with Gasteiger partial charge in [0.05, 0.1) is 50.3 Å². The zero-order chi connectivity index (χ0) is 53.5. The van der Waals surface area contributed by atoms with Gasteiger partial charge in [0.15, 0.2) is 18.4 Å². The molecule has 75 heavy (non-hydrogen) atoms. The number of ketones is 1. The molecule has 4 saturated carbocycles. The molecule has 414 valence electrons. The van der Waals surface area contributed by atoms with Crippen molar-refractivity contribution in [3.8, 4) is 0 Å². The maximum Gasteiger partial charge on any atom is 0.411 e. The zero-order valence-corrected chi connectivity index (χ0v) is 45.2. The number of hydrogen-bond acceptors (Lipinski definition) is 16. The normalized spacial score (nSPS) is 44.2. The topological polar surface area (TPSA) is 250 Å². The van der Waals surface area contributed by atoms with Gasteiger partial charge in [-0.3, -0.25) is 15.4 Å². The predicted molar refractivity (Wildman–Crippen MR) is 272 cm³/mol. The van der Waals surface area contributed by atoms with Gasteiger partial charge in [-0.25, -0.2) is 9.59 Å². The fraction of sp³-hybridized carbons (Fsp3) is 0.717. The Bertz CT molecular complexity index is 2410. The molecule has 0 radical (unpaired) electrons. The molecule has 4 heterocycles. The zero-order valence-electron chi connectivity index (χ0n) is 42.2. The third kappa shape index (κ3) is 10.3. The second-order valence-corrected chi connectivity index (χ2v) is 24.6. The molecule has 7 N–H and O–H groups in total. The van der Waals surface area contributed by atoms with Crippen molar-refractivity contribution in [1.82, 2.24) is 0 Å². The van der Waals surface area contributed by atoms with Gasteiger partial charge in [-0.15, -0.1) is 0 Å². The van der Waals surface area contributed by atoms with Crippen molar-refractivity contribution in [3.05, 3.63) is 56.5 Å². The third-order valence-corrected chi connectivity index (χ3v) is 19.9. The van der Waals surface area contributed by atoms with Gasteiger partial charge in [0.25, 0.3) is 0 Å². The van der Waals surface area contributed by atoms with Crippen LogP contribution < -0.4 is 10.6 Å². The van der Waals surface area contributed by atoms with E-state index in [-0.39, 0.29) is 78.0 Å². The Morgan fingerprint density at radius 2 is 1.29 bits per heavy atom. The van der Waals surface area contributed by atoms with Gasteiger partial charge >= 0.3 is 12.2 Å². The van der Waals surface area contributed by atoms with Crippen molar-refractivity contribution in [1.29, 1.82) is 0 Å². The Kier molecular flexibility index (Phi) is 16.2. The lowest BCUT2D eigenvalue weighted by molar-refractivity contribution is -0.363. The van der Waals surface area contributed by atoms with E-state index in [9.17, 15) is 39.9 Å². The van der Waals surface area contributed by atoms with E-state index in [0.717, 1.165) is 32.1 Å². The first-order valence-electron chi connectivity index (χ1n) is 26.2. The summed E-state index contributed by atoms with van der Waals surface area (Å²) >= 11 is 24.9. The van der Waals surface area contributed by atoms with Gasteiger partial charge in [-0.2, -0.15) is 0 Å². The van der Waals surface area contributed by atoms with Crippen LogP contribution in [-0.2, 0) is 42.7 Å². The second-order valence-electron chi connectivity index (χ2n) is 23.0. The van der Waals surface area contributed by atoms with E-state index in [1.165, 1.54) is 24.3 Å². The highest BCUT2D eigenvalue weighted by molar-refractivity contribution is 6.40. The van der Waals surface area contributed by atoms with Crippen molar-refractivity contribution >= 4 is 75.7 Å². The van der Waals surface area contributed by atoms with E-state index in [0.29, 0.717) is 49.9 Å². The van der Waals surface area contributed by atoms with Gasteiger partial charge in [0.1, 0.15) is 67.8 Å². The lowest BCUT2D eigenvalue weighted by Crippen LogP contribution is -2.65. The molecule has 0 aromatic heterocycles. The van der Waals surface area contributed by atoms with Crippen molar-refractivity contribution in [2.45, 2.75) is 165 Å². The van der Waals surface area contributed by atoms with Gasteiger partial charge in [-0.1, -0.05) is 86.2 Å². The Labute approximate surface area is 455 Å². The number of hydrogen-bond donors (Lipinski definition) is 7. The van der Waals surface area contributed by atoms with Crippen molar-refractivity contribution in [2.24, 2.45) is 52.3 Å². The SMILES string of the molecule is C[C@@H]1CC[C@@]2(OC1)O[C@H]1C[C@H]3[C@@H]4CC[C@H]5C[C@@H](O[C@@H]6O[C@H](COC(=O)Nc7c(Cl)cccc7Cl)[C@@H](O[C@@H]7O[C@H](COC(=O)Nc8c(Cl)cccc8Cl)[C@@H](O)[C@H](O)[C@H]7O)[C@H](O)[C@H]6O)CC[C@]5(C)[C@H]4C(=O)C[C@]3(C)[C@H]1[C@@H]2C. The van der Waals surface area contributed by atoms with Crippen LogP contribution in [0.2, 0.25) is 20.1 Å². The second kappa shape index (κ2) is 21.8. The van der Waals surface area contributed by atoms with Crippen LogP contribution in [0.25, 0.3) is 0 Å². The van der Waals surface area contributed by atoms with Crippen molar-refractivity contribution < 1.29 is 77.8 Å². The van der Waals surface area contributed by atoms with Crippen LogP contribution in [0.15, 0.2) is 36.4 Å². The third-order valence-electron chi connectivity index (χ3n) is 18.6. The van der Waals surface area contributed by atoms with Gasteiger partial charge < -0.3 is 63.4 Å². The molecule has 4 aliphatic heterocycles. The number of fused-ring (bicyclic) bond motifs is 7. The molecule has 4 saturated heterocycles. The van der Waals surface area contributed by atoms with E-state index in [1.807, 2.05) is 0 Å². The lowest BCUT2D eigenvalue weighted by atomic mass is 9.44. The molecule has 0 bridgehead atoms. The number of carbonyl (C=O) groups is 3. The minimum absolute atomic E-state index is 0.0591. The monoisotopic (exact) mass is 1130 g/mol. The van der Waals surface area contributed by atoms with Crippen LogP contribution in [-0.4, -0.2) is 143 Å². The molecule has 4 aliphatic carbocycles. The van der Waals surface area contributed by atoms with E-state index in [4.69, 9.17) is 84.3 Å². The molecule has 10 rings (SSSR count). The molecule has 18 nitrogen and oxygen atoms in total. The molecular weight excluding hydrogens is 1060 g/mol. The van der Waals surface area contributed by atoms with Crippen LogP contribution in [0.3, 0.4) is 0 Å². The number of Topliss-reactive ketones (excluding diaryl/α,β-unsaturated/α-hetero) is 1. The number of rotatable bonds is 10. The standard InChI is InChI=1S/C53H68Cl4N2O16/c1-23-13-16-53(70-20-23)24(2)37-34(75-53)18-28-27-12-11-25-17-26(14-15-51(25,3)38(27)33(60)19-52(28,37)4)71-47-45(65)43(63)46(36(73-47)22-69-50(67)59-40-31(56)9-6-10-32(40)57)74-48-44(64)42(62)41(61)35(72-48)21-68-49(66)58-39-29(54)7-5-8-30(39)55/h5-10,23-28,34-38,41-48,61-65H,11-22H2,1-4H3,(H,58,66)(H,59,67)/t23-,24+,25+,26+,27+,28+,34+,35-,36-,37+,38-,41-,42+,43-,44-,45-,46-,47-,48+,51+,52+,53-/m1/s1. The Morgan fingerprint density at radius 1 is 0.707 bits per heavy atom. The number of benzene rings is 2. The number of aliphatic hydroxyl groups is 5. The molecule has 22 atom stereocenters. The molecule has 1 spiro atoms. The summed E-state index contributed by atoms with van der Waals surface area (Å²) < 4.78 is 49.0. The fourth-order valence-corrected chi connectivity index (χ4v) is 15.8. The van der Waals surface area contributed by atoms with Crippen LogP contribution in [0.1, 0.15) is 85.5 Å². The first kappa shape index (κ1) is 55.7. The average molecular weight is 1130 g/mol. The van der Waals surface area contributed by atoms with Crippen LogP contribution in [0, 0.1) is 52.3 Å². The molecule has 2 amide bonds. The first-order chi connectivity index (χ1) is 35.6. The minimum atomic E-state index is -1.95. The number of carbonyl (C=O) groups excluding carboxylic acids is 3. The highest BCUT2D eigenvalue weighted by atomic mass is 35.5. The van der Waals surface area contributed by atoms with Gasteiger partial charge in [0, 0.05) is 24.7 Å². The van der Waals surface area contributed by atoms with Crippen molar-refractivity contribution in [3.63, 3.8) is 0 Å². The van der Waals surface area contributed by atoms with Gasteiger partial charge in [0.2, 0.25) is 0 Å². The van der Waals surface area contributed by atoms with E-state index < -0.39 is 98.7 Å². The summed E-state index contributed by atoms with van der Waals surface area (Å²) in [6, 6.07) is 9.16. The summed E-state index contributed by atoms with van der Waals surface area (Å²) in [6.45, 7) is 8.47. The van der Waals surface area contributed by atoms with E-state index in [2.05, 4.69) is 38.3 Å². The fourth-order valence-electron chi connectivity index (χ4n) is 14.8. The van der Waals surface area contributed by atoms with Crippen LogP contribution in [0.4, 0.5) is 21.0 Å². The quantitative estimate of drug-likeness (QED) is 0.112. The maximum absolute atomic E-state index is 14.8. The Morgan fingerprint density at radius 3 is 1.91 bits per heavy atom. The summed E-state index contributed by atoms with van der Waals surface area (Å²) in [5, 5.41) is 61.9. The largest absolute Gasteiger partial charge is 0.446 e. The number of halogens is 4. The molecule has 0 unspecified atom stereocenters. The van der Waals surface area contributed by atoms with Crippen molar-refractivity contribution in [2.75, 3.05) is 30.5 Å².